The lowest BCUT2D eigenvalue weighted by Gasteiger charge is -2.34. The highest BCUT2D eigenvalue weighted by atomic mass is 16.5. The molecule has 0 heterocycles. The van der Waals surface area contributed by atoms with Crippen LogP contribution in [-0.4, -0.2) is 12.9 Å². The van der Waals surface area contributed by atoms with Crippen LogP contribution in [0, 0.1) is 11.8 Å². The number of ketones is 1. The Kier molecular flexibility index (Phi) is 4.42. The number of para-hydroxylation sites is 1. The fraction of sp³-hybridized carbons (Fsp3) is 0.526. The molecule has 2 heteroatoms. The number of ether oxygens (including phenoxy) is 1. The molecule has 1 atom stereocenters. The van der Waals surface area contributed by atoms with Gasteiger partial charge in [-0.2, -0.15) is 0 Å². The number of rotatable bonds is 3. The molecular weight excluding hydrogens is 260 g/mol. The fourth-order valence-electron chi connectivity index (χ4n) is 3.97. The summed E-state index contributed by atoms with van der Waals surface area (Å²) in [5.41, 5.74) is 1.37. The second-order valence-corrected chi connectivity index (χ2v) is 6.38. The number of allylic oxidation sites excluding steroid dienone is 2. The topological polar surface area (TPSA) is 26.3 Å². The Hall–Kier alpha value is -1.57. The molecule has 0 radical (unpaired) electrons. The molecule has 1 saturated carbocycles. The van der Waals surface area contributed by atoms with Crippen molar-refractivity contribution in [3.8, 4) is 5.75 Å². The Bertz CT molecular complexity index is 524. The third kappa shape index (κ3) is 3.20. The molecule has 0 saturated heterocycles. The molecule has 2 aliphatic rings. The SMILES string of the molecule is COc1ccccc1C1CCC(C2C=CC(=O)CC2)CC1. The van der Waals surface area contributed by atoms with Gasteiger partial charge in [0.15, 0.2) is 5.78 Å². The third-order valence-corrected chi connectivity index (χ3v) is 5.21. The first kappa shape index (κ1) is 14.4. The quantitative estimate of drug-likeness (QED) is 0.816. The number of carbonyl (C=O) groups excluding carboxylic acids is 1. The van der Waals surface area contributed by atoms with Crippen LogP contribution in [0.2, 0.25) is 0 Å². The molecule has 1 aromatic rings. The number of methoxy groups -OCH3 is 1. The van der Waals surface area contributed by atoms with Crippen LogP contribution in [0.1, 0.15) is 50.0 Å². The lowest BCUT2D eigenvalue weighted by Crippen LogP contribution is -2.22. The first-order valence-electron chi connectivity index (χ1n) is 8.12. The van der Waals surface area contributed by atoms with E-state index in [1.54, 1.807) is 13.2 Å². The van der Waals surface area contributed by atoms with Crippen molar-refractivity contribution in [3.63, 3.8) is 0 Å². The van der Waals surface area contributed by atoms with Crippen LogP contribution in [0.15, 0.2) is 36.4 Å². The molecule has 0 amide bonds. The van der Waals surface area contributed by atoms with Crippen LogP contribution in [-0.2, 0) is 4.79 Å². The lowest BCUT2D eigenvalue weighted by atomic mass is 9.71. The van der Waals surface area contributed by atoms with E-state index in [2.05, 4.69) is 24.3 Å². The van der Waals surface area contributed by atoms with Crippen LogP contribution >= 0.6 is 0 Å². The fourth-order valence-corrected chi connectivity index (χ4v) is 3.97. The molecule has 1 fully saturated rings. The normalized spacial score (nSPS) is 29.4. The van der Waals surface area contributed by atoms with Crippen molar-refractivity contribution in [2.24, 2.45) is 11.8 Å². The number of benzene rings is 1. The molecule has 0 N–H and O–H groups in total. The summed E-state index contributed by atoms with van der Waals surface area (Å²) >= 11 is 0. The minimum Gasteiger partial charge on any atom is -0.496 e. The smallest absolute Gasteiger partial charge is 0.155 e. The number of hydrogen-bond acceptors (Lipinski definition) is 2. The maximum absolute atomic E-state index is 11.3. The van der Waals surface area contributed by atoms with Crippen LogP contribution in [0.3, 0.4) is 0 Å². The minimum atomic E-state index is 0.300. The van der Waals surface area contributed by atoms with E-state index in [0.29, 0.717) is 17.6 Å². The second-order valence-electron chi connectivity index (χ2n) is 6.38. The molecule has 21 heavy (non-hydrogen) atoms. The molecule has 0 spiro atoms. The summed E-state index contributed by atoms with van der Waals surface area (Å²) in [4.78, 5) is 11.3. The van der Waals surface area contributed by atoms with Gasteiger partial charge in [-0.3, -0.25) is 4.79 Å². The standard InChI is InChI=1S/C19H24O2/c1-21-19-5-3-2-4-18(19)16-8-6-14(7-9-16)15-10-12-17(20)13-11-15/h2-5,10,12,14-16H,6-9,11,13H2,1H3. The molecule has 0 aromatic heterocycles. The van der Waals surface area contributed by atoms with Gasteiger partial charge in [0.1, 0.15) is 5.75 Å². The van der Waals surface area contributed by atoms with E-state index >= 15 is 0 Å². The molecule has 2 nitrogen and oxygen atoms in total. The Labute approximate surface area is 127 Å². The Morgan fingerprint density at radius 1 is 1.05 bits per heavy atom. The average molecular weight is 284 g/mol. The molecular formula is C19H24O2. The van der Waals surface area contributed by atoms with Crippen LogP contribution in [0.25, 0.3) is 0 Å². The lowest BCUT2D eigenvalue weighted by molar-refractivity contribution is -0.115. The predicted octanol–water partition coefficient (Wildman–Crippen LogP) is 4.50. The van der Waals surface area contributed by atoms with Gasteiger partial charge in [0.2, 0.25) is 0 Å². The number of carbonyl (C=O) groups is 1. The second kappa shape index (κ2) is 6.46. The zero-order valence-corrected chi connectivity index (χ0v) is 12.8. The highest BCUT2D eigenvalue weighted by molar-refractivity contribution is 5.90. The Morgan fingerprint density at radius 2 is 1.81 bits per heavy atom. The van der Waals surface area contributed by atoms with E-state index in [1.807, 2.05) is 6.07 Å². The summed E-state index contributed by atoms with van der Waals surface area (Å²) in [6, 6.07) is 8.43. The van der Waals surface area contributed by atoms with Crippen molar-refractivity contribution >= 4 is 5.78 Å². The highest BCUT2D eigenvalue weighted by Crippen LogP contribution is 2.43. The summed E-state index contributed by atoms with van der Waals surface area (Å²) in [6.45, 7) is 0. The highest BCUT2D eigenvalue weighted by Gasteiger charge is 2.29. The van der Waals surface area contributed by atoms with Crippen LogP contribution in [0.5, 0.6) is 5.75 Å². The maximum Gasteiger partial charge on any atom is 0.155 e. The summed E-state index contributed by atoms with van der Waals surface area (Å²) in [6.07, 6.45) is 10.8. The molecule has 1 unspecified atom stereocenters. The van der Waals surface area contributed by atoms with Crippen molar-refractivity contribution in [2.45, 2.75) is 44.4 Å². The van der Waals surface area contributed by atoms with E-state index < -0.39 is 0 Å². The molecule has 3 rings (SSSR count). The summed E-state index contributed by atoms with van der Waals surface area (Å²) in [5, 5.41) is 0. The van der Waals surface area contributed by atoms with Crippen molar-refractivity contribution < 1.29 is 9.53 Å². The average Bonchev–Trinajstić information content (AvgIpc) is 2.56. The molecule has 2 aliphatic carbocycles. The largest absolute Gasteiger partial charge is 0.496 e. The van der Waals surface area contributed by atoms with Crippen molar-refractivity contribution in [2.75, 3.05) is 7.11 Å². The van der Waals surface area contributed by atoms with Gasteiger partial charge >= 0.3 is 0 Å². The van der Waals surface area contributed by atoms with Crippen LogP contribution in [0.4, 0.5) is 0 Å². The van der Waals surface area contributed by atoms with Gasteiger partial charge in [-0.1, -0.05) is 24.3 Å². The zero-order chi connectivity index (χ0) is 14.7. The summed E-state index contributed by atoms with van der Waals surface area (Å²) in [7, 11) is 1.76. The minimum absolute atomic E-state index is 0.300. The van der Waals surface area contributed by atoms with Crippen molar-refractivity contribution in [3.05, 3.63) is 42.0 Å². The Balaban J connectivity index is 1.62. The van der Waals surface area contributed by atoms with Crippen molar-refractivity contribution in [1.82, 2.24) is 0 Å². The zero-order valence-electron chi connectivity index (χ0n) is 12.8. The maximum atomic E-state index is 11.3. The van der Waals surface area contributed by atoms with Gasteiger partial charge in [-0.15, -0.1) is 0 Å². The molecule has 0 bridgehead atoms. The van der Waals surface area contributed by atoms with Gasteiger partial charge in [0.05, 0.1) is 7.11 Å². The summed E-state index contributed by atoms with van der Waals surface area (Å²) < 4.78 is 5.50. The van der Waals surface area contributed by atoms with E-state index in [-0.39, 0.29) is 0 Å². The van der Waals surface area contributed by atoms with Gasteiger partial charge in [0.25, 0.3) is 0 Å². The summed E-state index contributed by atoms with van der Waals surface area (Å²) in [5.74, 6) is 3.35. The van der Waals surface area contributed by atoms with E-state index in [0.717, 1.165) is 24.5 Å². The Morgan fingerprint density at radius 3 is 2.48 bits per heavy atom. The molecule has 112 valence electrons. The third-order valence-electron chi connectivity index (χ3n) is 5.21. The van der Waals surface area contributed by atoms with Crippen LogP contribution < -0.4 is 4.74 Å². The monoisotopic (exact) mass is 284 g/mol. The van der Waals surface area contributed by atoms with Crippen molar-refractivity contribution in [1.29, 1.82) is 0 Å². The van der Waals surface area contributed by atoms with Gasteiger partial charge in [-0.25, -0.2) is 0 Å². The number of hydrogen-bond donors (Lipinski definition) is 0. The van der Waals surface area contributed by atoms with E-state index in [9.17, 15) is 4.79 Å². The molecule has 0 aliphatic heterocycles. The predicted molar refractivity (Wildman–Crippen MR) is 84.6 cm³/mol. The van der Waals surface area contributed by atoms with Gasteiger partial charge in [0, 0.05) is 6.42 Å². The molecule has 1 aromatic carbocycles. The van der Waals surface area contributed by atoms with Gasteiger partial charge in [-0.05, 0) is 67.6 Å². The first-order valence-corrected chi connectivity index (χ1v) is 8.12. The van der Waals surface area contributed by atoms with E-state index in [1.165, 1.54) is 31.2 Å². The van der Waals surface area contributed by atoms with Gasteiger partial charge < -0.3 is 4.74 Å². The first-order chi connectivity index (χ1) is 10.3. The van der Waals surface area contributed by atoms with E-state index in [4.69, 9.17) is 4.74 Å².